The van der Waals surface area contributed by atoms with Gasteiger partial charge in [-0.05, 0) is 88.1 Å². The highest BCUT2D eigenvalue weighted by Crippen LogP contribution is 2.68. The van der Waals surface area contributed by atoms with Gasteiger partial charge in [0, 0.05) is 0 Å². The van der Waals surface area contributed by atoms with Crippen molar-refractivity contribution in [1.29, 1.82) is 0 Å². The molecule has 0 fully saturated rings. The molecule has 0 saturated carbocycles. The van der Waals surface area contributed by atoms with Crippen LogP contribution in [0.1, 0.15) is 68.2 Å². The summed E-state index contributed by atoms with van der Waals surface area (Å²) in [5.41, 5.74) is -0.503. The van der Waals surface area contributed by atoms with Gasteiger partial charge in [-0.1, -0.05) is 50.6 Å². The fourth-order valence-electron chi connectivity index (χ4n) is 2.96. The number of hydrogen-bond acceptors (Lipinski definition) is 2. The molecule has 0 aromatic heterocycles. The highest BCUT2D eigenvalue weighted by atomic mass is 31.2. The lowest BCUT2D eigenvalue weighted by Crippen LogP contribution is -2.46. The van der Waals surface area contributed by atoms with Gasteiger partial charge < -0.3 is 9.47 Å². The fraction of sp³-hybridized carbons (Fsp3) is 0.727. The molecule has 0 radical (unpaired) electrons. The molecule has 0 heterocycles. The summed E-state index contributed by atoms with van der Waals surface area (Å²) in [6, 6.07) is 10.8. The molecule has 26 heavy (non-hydrogen) atoms. The topological polar surface area (TPSA) is 18.5 Å². The van der Waals surface area contributed by atoms with Gasteiger partial charge in [0.15, 0.2) is 0 Å². The third-order valence-electron chi connectivity index (χ3n) is 4.01. The SMILES string of the molecule is CCCCP(CC)C(OC(C)(C)C)(OC(C)(C)C)P(C)c1ccccc1. The second-order valence-electron chi connectivity index (χ2n) is 8.81. The van der Waals surface area contributed by atoms with Gasteiger partial charge >= 0.3 is 0 Å². The van der Waals surface area contributed by atoms with Crippen LogP contribution in [0.2, 0.25) is 0 Å². The Hall–Kier alpha value is 0. The standard InChI is InChI=1S/C22H40O2P2/c1-10-12-18-26(11-2)22(23-20(3,4)5,24-21(6,7)8)25(9)19-16-14-13-15-17-19/h13-17H,10-12,18H2,1-9H3. The van der Waals surface area contributed by atoms with Gasteiger partial charge in [-0.25, -0.2) is 0 Å². The molecular formula is C22H40O2P2. The first-order valence-corrected chi connectivity index (χ1v) is 13.4. The molecule has 1 aromatic carbocycles. The van der Waals surface area contributed by atoms with E-state index in [0.29, 0.717) is 0 Å². The van der Waals surface area contributed by atoms with Gasteiger partial charge in [-0.15, -0.1) is 0 Å². The Morgan fingerprint density at radius 2 is 1.35 bits per heavy atom. The molecule has 0 aliphatic carbocycles. The zero-order valence-corrected chi connectivity index (χ0v) is 20.2. The summed E-state index contributed by atoms with van der Waals surface area (Å²) in [5, 5.41) is 0.834. The maximum absolute atomic E-state index is 6.90. The molecule has 0 amide bonds. The first-order valence-electron chi connectivity index (χ1n) is 9.89. The highest BCUT2D eigenvalue weighted by Gasteiger charge is 2.50. The summed E-state index contributed by atoms with van der Waals surface area (Å²) in [6.45, 7) is 19.9. The van der Waals surface area contributed by atoms with Gasteiger partial charge in [0.1, 0.15) is 0 Å². The Kier molecular flexibility index (Phi) is 9.22. The zero-order chi connectivity index (χ0) is 20.0. The van der Waals surface area contributed by atoms with Crippen LogP contribution in [0.5, 0.6) is 0 Å². The van der Waals surface area contributed by atoms with Crippen LogP contribution in [-0.2, 0) is 9.47 Å². The lowest BCUT2D eigenvalue weighted by molar-refractivity contribution is -0.214. The van der Waals surface area contributed by atoms with Crippen molar-refractivity contribution in [2.75, 3.05) is 19.0 Å². The second kappa shape index (κ2) is 9.97. The van der Waals surface area contributed by atoms with Crippen molar-refractivity contribution in [1.82, 2.24) is 0 Å². The van der Waals surface area contributed by atoms with E-state index in [1.807, 2.05) is 0 Å². The molecule has 150 valence electrons. The lowest BCUT2D eigenvalue weighted by Gasteiger charge is -2.51. The van der Waals surface area contributed by atoms with E-state index < -0.39 is 21.1 Å². The number of ether oxygens (including phenoxy) is 2. The number of rotatable bonds is 9. The molecule has 0 aliphatic rings. The predicted octanol–water partition coefficient (Wildman–Crippen LogP) is 6.97. The smallest absolute Gasteiger partial charge is 0.209 e. The lowest BCUT2D eigenvalue weighted by atomic mass is 10.2. The Morgan fingerprint density at radius 3 is 1.73 bits per heavy atom. The van der Waals surface area contributed by atoms with E-state index in [2.05, 4.69) is 92.4 Å². The van der Waals surface area contributed by atoms with Crippen LogP contribution in [0, 0.1) is 0 Å². The summed E-state index contributed by atoms with van der Waals surface area (Å²) in [6.07, 6.45) is 4.78. The van der Waals surface area contributed by atoms with E-state index in [1.54, 1.807) is 0 Å². The minimum Gasteiger partial charge on any atom is -0.337 e. The average Bonchev–Trinajstić information content (AvgIpc) is 2.52. The van der Waals surface area contributed by atoms with Gasteiger partial charge in [0.2, 0.25) is 5.27 Å². The van der Waals surface area contributed by atoms with E-state index in [9.17, 15) is 0 Å². The maximum Gasteiger partial charge on any atom is 0.209 e. The van der Waals surface area contributed by atoms with Crippen LogP contribution in [0.3, 0.4) is 0 Å². The van der Waals surface area contributed by atoms with Gasteiger partial charge in [-0.2, -0.15) is 0 Å². The van der Waals surface area contributed by atoms with Gasteiger partial charge in [0.25, 0.3) is 0 Å². The second-order valence-corrected chi connectivity index (χ2v) is 14.1. The Labute approximate surface area is 164 Å². The molecule has 1 aromatic rings. The molecule has 2 unspecified atom stereocenters. The van der Waals surface area contributed by atoms with Gasteiger partial charge in [0.05, 0.1) is 11.2 Å². The van der Waals surface area contributed by atoms with Crippen molar-refractivity contribution < 1.29 is 9.47 Å². The molecule has 2 atom stereocenters. The van der Waals surface area contributed by atoms with Crippen molar-refractivity contribution in [2.45, 2.75) is 84.7 Å². The molecular weight excluding hydrogens is 358 g/mol. The number of unbranched alkanes of at least 4 members (excludes halogenated alkanes) is 1. The predicted molar refractivity (Wildman–Crippen MR) is 121 cm³/mol. The van der Waals surface area contributed by atoms with E-state index in [-0.39, 0.29) is 11.2 Å². The van der Waals surface area contributed by atoms with E-state index >= 15 is 0 Å². The highest BCUT2D eigenvalue weighted by molar-refractivity contribution is 7.80. The van der Waals surface area contributed by atoms with Crippen LogP contribution >= 0.6 is 15.8 Å². The minimum atomic E-state index is -0.629. The third kappa shape index (κ3) is 7.20. The van der Waals surface area contributed by atoms with E-state index in [4.69, 9.17) is 9.47 Å². The molecule has 0 bridgehead atoms. The van der Waals surface area contributed by atoms with Crippen LogP contribution in [0.15, 0.2) is 30.3 Å². The van der Waals surface area contributed by atoms with E-state index in [1.165, 1.54) is 24.3 Å². The van der Waals surface area contributed by atoms with Crippen LogP contribution in [0.4, 0.5) is 0 Å². The first kappa shape index (κ1) is 24.0. The van der Waals surface area contributed by atoms with Crippen LogP contribution in [-0.4, -0.2) is 35.5 Å². The molecule has 2 nitrogen and oxygen atoms in total. The Balaban J connectivity index is 3.49. The fourth-order valence-corrected chi connectivity index (χ4v) is 10.00. The van der Waals surface area contributed by atoms with Crippen molar-refractivity contribution in [3.8, 4) is 0 Å². The largest absolute Gasteiger partial charge is 0.337 e. The monoisotopic (exact) mass is 398 g/mol. The van der Waals surface area contributed by atoms with Gasteiger partial charge in [-0.3, -0.25) is 0 Å². The summed E-state index contributed by atoms with van der Waals surface area (Å²) in [7, 11) is -1.05. The quantitative estimate of drug-likeness (QED) is 0.330. The number of benzene rings is 1. The summed E-state index contributed by atoms with van der Waals surface area (Å²) < 4.78 is 13.8. The molecule has 1 rings (SSSR count). The normalized spacial score (nSPS) is 15.7. The Morgan fingerprint density at radius 1 is 0.846 bits per heavy atom. The summed E-state index contributed by atoms with van der Waals surface area (Å²) >= 11 is 0. The number of hydrogen-bond donors (Lipinski definition) is 0. The third-order valence-corrected chi connectivity index (χ3v) is 10.5. The molecule has 0 N–H and O–H groups in total. The van der Waals surface area contributed by atoms with Crippen LogP contribution in [0.25, 0.3) is 0 Å². The molecule has 0 saturated heterocycles. The Bertz CT molecular complexity index is 501. The van der Waals surface area contributed by atoms with Crippen molar-refractivity contribution in [2.24, 2.45) is 0 Å². The maximum atomic E-state index is 6.90. The zero-order valence-electron chi connectivity index (χ0n) is 18.4. The summed E-state index contributed by atoms with van der Waals surface area (Å²) in [4.78, 5) is 0. The molecule has 0 spiro atoms. The van der Waals surface area contributed by atoms with Crippen LogP contribution < -0.4 is 5.30 Å². The van der Waals surface area contributed by atoms with Crippen molar-refractivity contribution in [3.63, 3.8) is 0 Å². The van der Waals surface area contributed by atoms with Crippen molar-refractivity contribution >= 4 is 21.1 Å². The summed E-state index contributed by atoms with van der Waals surface area (Å²) in [5.74, 6) is 0. The van der Waals surface area contributed by atoms with Crippen molar-refractivity contribution in [3.05, 3.63) is 30.3 Å². The molecule has 4 heteroatoms. The first-order chi connectivity index (χ1) is 11.9. The minimum absolute atomic E-state index is 0.251. The molecule has 0 aliphatic heterocycles. The van der Waals surface area contributed by atoms with E-state index in [0.717, 1.165) is 6.16 Å². The average molecular weight is 399 g/mol.